The van der Waals surface area contributed by atoms with Crippen molar-refractivity contribution in [3.8, 4) is 17.0 Å². The average Bonchev–Trinajstić information content (AvgIpc) is 2.78. The van der Waals surface area contributed by atoms with Gasteiger partial charge >= 0.3 is 0 Å². The number of hydrogen-bond acceptors (Lipinski definition) is 8. The fourth-order valence-corrected chi connectivity index (χ4v) is 6.24. The fourth-order valence-electron chi connectivity index (χ4n) is 5.11. The Balaban J connectivity index is 1.86. The van der Waals surface area contributed by atoms with Gasteiger partial charge in [-0.2, -0.15) is 0 Å². The smallest absolute Gasteiger partial charge is 0.237 e. The minimum Gasteiger partial charge on any atom is -0.488 e. The highest BCUT2D eigenvalue weighted by Gasteiger charge is 2.38. The van der Waals surface area contributed by atoms with E-state index in [9.17, 15) is 8.42 Å². The van der Waals surface area contributed by atoms with Gasteiger partial charge in [0.05, 0.1) is 29.8 Å². The van der Waals surface area contributed by atoms with E-state index in [0.29, 0.717) is 23.7 Å². The molecule has 10 heteroatoms. The number of methoxy groups -OCH3 is 1. The third kappa shape index (κ3) is 4.58. The molecule has 2 aromatic rings. The lowest BCUT2D eigenvalue weighted by atomic mass is 9.71. The second-order valence-corrected chi connectivity index (χ2v) is 12.0. The first-order valence-electron chi connectivity index (χ1n) is 11.7. The van der Waals surface area contributed by atoms with E-state index >= 15 is 0 Å². The lowest BCUT2D eigenvalue weighted by molar-refractivity contribution is 0.147. The largest absolute Gasteiger partial charge is 0.488 e. The minimum absolute atomic E-state index is 0.00599. The number of fused-ring (bicyclic) bond motifs is 3. The molecule has 4 rings (SSSR count). The average molecular weight is 490 g/mol. The van der Waals surface area contributed by atoms with E-state index in [1.807, 2.05) is 12.1 Å². The first-order chi connectivity index (χ1) is 16.0. The summed E-state index contributed by atoms with van der Waals surface area (Å²) >= 11 is 0. The molecule has 0 saturated heterocycles. The summed E-state index contributed by atoms with van der Waals surface area (Å²) in [5.74, 6) is 0.877. The number of anilines is 2. The van der Waals surface area contributed by atoms with Gasteiger partial charge in [0.2, 0.25) is 10.0 Å². The lowest BCUT2D eigenvalue weighted by Crippen LogP contribution is -2.35. The zero-order valence-electron chi connectivity index (χ0n) is 20.4. The summed E-state index contributed by atoms with van der Waals surface area (Å²) in [6, 6.07) is 4.01. The van der Waals surface area contributed by atoms with Crippen molar-refractivity contribution < 1.29 is 17.9 Å². The number of nitrogens with two attached hydrogens (primary N) is 2. The Bertz CT molecular complexity index is 1160. The van der Waals surface area contributed by atoms with Crippen LogP contribution in [0.25, 0.3) is 11.3 Å². The van der Waals surface area contributed by atoms with Crippen molar-refractivity contribution in [2.75, 3.05) is 36.6 Å². The topological polar surface area (TPSA) is 134 Å². The van der Waals surface area contributed by atoms with Gasteiger partial charge in [-0.3, -0.25) is 4.31 Å². The third-order valence-electron chi connectivity index (χ3n) is 6.96. The Hall–Kier alpha value is -2.43. The van der Waals surface area contributed by atoms with Crippen molar-refractivity contribution in [2.24, 2.45) is 5.73 Å². The fraction of sp³-hybridized carbons (Fsp3) is 0.583. The summed E-state index contributed by atoms with van der Waals surface area (Å²) in [4.78, 5) is 8.75. The van der Waals surface area contributed by atoms with Crippen LogP contribution >= 0.6 is 0 Å². The number of sulfonamides is 1. The number of rotatable bonds is 7. The quantitative estimate of drug-likeness (QED) is 0.606. The van der Waals surface area contributed by atoms with Gasteiger partial charge in [-0.15, -0.1) is 0 Å². The van der Waals surface area contributed by atoms with Gasteiger partial charge in [0, 0.05) is 31.3 Å². The predicted octanol–water partition coefficient (Wildman–Crippen LogP) is 2.62. The maximum Gasteiger partial charge on any atom is 0.237 e. The summed E-state index contributed by atoms with van der Waals surface area (Å²) in [6.07, 6.45) is 5.49. The highest BCUT2D eigenvalue weighted by molar-refractivity contribution is 7.92. The summed E-state index contributed by atoms with van der Waals surface area (Å²) in [5, 5.41) is 0. The molecule has 1 fully saturated rings. The van der Waals surface area contributed by atoms with Gasteiger partial charge < -0.3 is 20.9 Å². The van der Waals surface area contributed by atoms with Crippen LogP contribution in [0.4, 0.5) is 11.5 Å². The van der Waals surface area contributed by atoms with Crippen molar-refractivity contribution in [1.29, 1.82) is 0 Å². The van der Waals surface area contributed by atoms with Crippen molar-refractivity contribution in [1.82, 2.24) is 9.97 Å². The zero-order chi connectivity index (χ0) is 24.7. The van der Waals surface area contributed by atoms with Crippen LogP contribution in [0.1, 0.15) is 50.7 Å². The van der Waals surface area contributed by atoms with Crippen LogP contribution in [-0.2, 0) is 26.6 Å². The van der Waals surface area contributed by atoms with Gasteiger partial charge in [-0.05, 0) is 55.2 Å². The van der Waals surface area contributed by atoms with Crippen molar-refractivity contribution in [2.45, 2.75) is 63.5 Å². The monoisotopic (exact) mass is 489 g/mol. The summed E-state index contributed by atoms with van der Waals surface area (Å²) in [7, 11) is -0.577. The maximum atomic E-state index is 13.3. The van der Waals surface area contributed by atoms with Crippen LogP contribution < -0.4 is 20.5 Å². The first-order valence-corrected chi connectivity index (χ1v) is 13.3. The molecule has 1 saturated carbocycles. The van der Waals surface area contributed by atoms with E-state index in [4.69, 9.17) is 20.9 Å². The van der Waals surface area contributed by atoms with Crippen LogP contribution in [0.15, 0.2) is 18.5 Å². The van der Waals surface area contributed by atoms with Gasteiger partial charge in [-0.1, -0.05) is 13.8 Å². The third-order valence-corrected chi connectivity index (χ3v) is 8.66. The number of ether oxygens (including phenoxy) is 2. The Morgan fingerprint density at radius 3 is 2.56 bits per heavy atom. The molecular formula is C24H35N5O4S. The molecule has 34 heavy (non-hydrogen) atoms. The number of benzene rings is 1. The van der Waals surface area contributed by atoms with Gasteiger partial charge in [0.15, 0.2) is 0 Å². The number of aromatic nitrogens is 2. The highest BCUT2D eigenvalue weighted by Crippen LogP contribution is 2.50. The molecule has 0 unspecified atom stereocenters. The van der Waals surface area contributed by atoms with E-state index in [0.717, 1.165) is 48.1 Å². The molecule has 4 N–H and O–H groups in total. The number of hydrogen-bond donors (Lipinski definition) is 2. The summed E-state index contributed by atoms with van der Waals surface area (Å²) in [6.45, 7) is 4.26. The van der Waals surface area contributed by atoms with E-state index in [-0.39, 0.29) is 24.5 Å². The Kier molecular flexibility index (Phi) is 6.76. The molecule has 0 atom stereocenters. The van der Waals surface area contributed by atoms with Gasteiger partial charge in [-0.25, -0.2) is 18.4 Å². The molecular weight excluding hydrogens is 454 g/mol. The van der Waals surface area contributed by atoms with E-state index in [2.05, 4.69) is 23.8 Å². The van der Waals surface area contributed by atoms with Crippen LogP contribution in [-0.4, -0.2) is 57.0 Å². The second-order valence-electron chi connectivity index (χ2n) is 9.91. The number of nitrogen functional groups attached to an aromatic ring is 1. The van der Waals surface area contributed by atoms with Crippen molar-refractivity contribution >= 4 is 21.5 Å². The van der Waals surface area contributed by atoms with Gasteiger partial charge in [0.1, 0.15) is 17.9 Å². The van der Waals surface area contributed by atoms with Crippen molar-refractivity contribution in [3.05, 3.63) is 29.6 Å². The standard InChI is InChI=1S/C24H35N5O4S/c1-24(2)13-18-17(21-20(24)23(26)28-14-27-21)9-10-19(33-16-7-5-15(25)6-8-16)22(18)29(3)34(30,31)12-11-32-4/h9-10,14-16H,5-8,11-13,25H2,1-4H3,(H2,26,27,28). The van der Waals surface area contributed by atoms with Crippen LogP contribution in [0.5, 0.6) is 5.75 Å². The van der Waals surface area contributed by atoms with E-state index < -0.39 is 15.4 Å². The van der Waals surface area contributed by atoms with Crippen LogP contribution in [0.3, 0.4) is 0 Å². The Morgan fingerprint density at radius 1 is 1.18 bits per heavy atom. The molecule has 186 valence electrons. The molecule has 1 heterocycles. The zero-order valence-corrected chi connectivity index (χ0v) is 21.2. The molecule has 2 aliphatic carbocycles. The number of nitrogens with zero attached hydrogens (tertiary/aromatic N) is 3. The molecule has 0 spiro atoms. The highest BCUT2D eigenvalue weighted by atomic mass is 32.2. The second kappa shape index (κ2) is 9.31. The maximum absolute atomic E-state index is 13.3. The normalized spacial score (nSPS) is 21.4. The van der Waals surface area contributed by atoms with Gasteiger partial charge in [0.25, 0.3) is 0 Å². The minimum atomic E-state index is -3.65. The molecule has 9 nitrogen and oxygen atoms in total. The SMILES string of the molecule is COCCS(=O)(=O)N(C)c1c(OC2CCC(N)CC2)ccc2c1CC(C)(C)c1c(N)ncnc1-2. The van der Waals surface area contributed by atoms with E-state index in [1.54, 1.807) is 7.05 Å². The van der Waals surface area contributed by atoms with Crippen LogP contribution in [0, 0.1) is 0 Å². The summed E-state index contributed by atoms with van der Waals surface area (Å²) in [5.41, 5.74) is 15.8. The molecule has 1 aromatic heterocycles. The Morgan fingerprint density at radius 2 is 1.88 bits per heavy atom. The van der Waals surface area contributed by atoms with E-state index in [1.165, 1.54) is 17.7 Å². The molecule has 0 aliphatic heterocycles. The Labute approximate surface area is 201 Å². The first kappa shape index (κ1) is 24.7. The molecule has 0 amide bonds. The molecule has 0 radical (unpaired) electrons. The molecule has 1 aromatic carbocycles. The summed E-state index contributed by atoms with van der Waals surface area (Å²) < 4.78 is 39.4. The lowest BCUT2D eigenvalue weighted by Gasteiger charge is -2.37. The van der Waals surface area contributed by atoms with Crippen molar-refractivity contribution in [3.63, 3.8) is 0 Å². The molecule has 2 aliphatic rings. The predicted molar refractivity (Wildman–Crippen MR) is 134 cm³/mol. The molecule has 0 bridgehead atoms. The van der Waals surface area contributed by atoms with Crippen LogP contribution in [0.2, 0.25) is 0 Å².